The fraction of sp³-hybridized carbons (Fsp3) is 0.267. The second-order valence-electron chi connectivity index (χ2n) is 4.94. The molecule has 2 rings (SSSR count). The summed E-state index contributed by atoms with van der Waals surface area (Å²) >= 11 is 1.28. The first-order valence-electron chi connectivity index (χ1n) is 6.54. The summed E-state index contributed by atoms with van der Waals surface area (Å²) in [5.41, 5.74) is -1.57. The number of anilines is 1. The SMILES string of the molecule is N#Cc1ccc(N(Cc2ccsc2)CC(F)(F)F)cc1C(F)(F)F. The van der Waals surface area contributed by atoms with E-state index in [0.29, 0.717) is 11.6 Å². The van der Waals surface area contributed by atoms with Crippen molar-refractivity contribution >= 4 is 17.0 Å². The highest BCUT2D eigenvalue weighted by atomic mass is 32.1. The van der Waals surface area contributed by atoms with Gasteiger partial charge in [0.15, 0.2) is 0 Å². The van der Waals surface area contributed by atoms with E-state index in [0.717, 1.165) is 17.0 Å². The second kappa shape index (κ2) is 6.73. The summed E-state index contributed by atoms with van der Waals surface area (Å²) in [6, 6.07) is 5.56. The quantitative estimate of drug-likeness (QED) is 0.697. The fourth-order valence-corrected chi connectivity index (χ4v) is 2.78. The number of rotatable bonds is 4. The highest BCUT2D eigenvalue weighted by Gasteiger charge is 2.36. The lowest BCUT2D eigenvalue weighted by molar-refractivity contribution is -0.137. The lowest BCUT2D eigenvalue weighted by Gasteiger charge is -2.26. The van der Waals surface area contributed by atoms with Gasteiger partial charge in [-0.15, -0.1) is 0 Å². The molecule has 0 amide bonds. The molecule has 0 atom stereocenters. The van der Waals surface area contributed by atoms with Crippen LogP contribution >= 0.6 is 11.3 Å². The molecule has 0 radical (unpaired) electrons. The van der Waals surface area contributed by atoms with Gasteiger partial charge in [-0.2, -0.15) is 42.9 Å². The van der Waals surface area contributed by atoms with Crippen LogP contribution in [0, 0.1) is 11.3 Å². The summed E-state index contributed by atoms with van der Waals surface area (Å²) in [4.78, 5) is 0.804. The van der Waals surface area contributed by atoms with E-state index in [1.807, 2.05) is 0 Å². The Hall–Kier alpha value is -2.21. The summed E-state index contributed by atoms with van der Waals surface area (Å²) in [6.45, 7) is -1.59. The Balaban J connectivity index is 2.44. The van der Waals surface area contributed by atoms with Gasteiger partial charge < -0.3 is 4.90 Å². The van der Waals surface area contributed by atoms with Crippen molar-refractivity contribution in [1.29, 1.82) is 5.26 Å². The van der Waals surface area contributed by atoms with E-state index in [9.17, 15) is 26.3 Å². The fourth-order valence-electron chi connectivity index (χ4n) is 2.12. The Labute approximate surface area is 137 Å². The normalized spacial score (nSPS) is 12.0. The maximum absolute atomic E-state index is 13.0. The van der Waals surface area contributed by atoms with Gasteiger partial charge in [0.1, 0.15) is 6.54 Å². The largest absolute Gasteiger partial charge is 0.417 e. The molecule has 0 unspecified atom stereocenters. The number of hydrogen-bond donors (Lipinski definition) is 0. The molecule has 0 spiro atoms. The molecule has 0 fully saturated rings. The molecule has 1 aromatic carbocycles. The molecule has 0 bridgehead atoms. The Morgan fingerprint density at radius 3 is 2.29 bits per heavy atom. The Morgan fingerprint density at radius 1 is 1.08 bits per heavy atom. The van der Waals surface area contributed by atoms with Crippen LogP contribution in [0.3, 0.4) is 0 Å². The van der Waals surface area contributed by atoms with Gasteiger partial charge in [0.05, 0.1) is 17.2 Å². The average Bonchev–Trinajstić information content (AvgIpc) is 2.96. The summed E-state index contributed by atoms with van der Waals surface area (Å²) in [6.07, 6.45) is -9.41. The summed E-state index contributed by atoms with van der Waals surface area (Å²) in [7, 11) is 0. The van der Waals surface area contributed by atoms with Crippen LogP contribution in [0.4, 0.5) is 32.0 Å². The van der Waals surface area contributed by atoms with E-state index in [2.05, 4.69) is 0 Å². The molecule has 128 valence electrons. The molecule has 0 aliphatic carbocycles. The van der Waals surface area contributed by atoms with Crippen molar-refractivity contribution in [3.05, 3.63) is 51.7 Å². The highest BCUT2D eigenvalue weighted by molar-refractivity contribution is 7.07. The summed E-state index contributed by atoms with van der Waals surface area (Å²) in [5, 5.41) is 12.1. The molecule has 0 aliphatic heterocycles. The lowest BCUT2D eigenvalue weighted by atomic mass is 10.1. The molecule has 0 aliphatic rings. The van der Waals surface area contributed by atoms with Crippen molar-refractivity contribution in [3.63, 3.8) is 0 Å². The zero-order valence-electron chi connectivity index (χ0n) is 11.9. The molecule has 9 heteroatoms. The third-order valence-electron chi connectivity index (χ3n) is 3.12. The molecule has 1 heterocycles. The van der Waals surface area contributed by atoms with Crippen molar-refractivity contribution in [2.75, 3.05) is 11.4 Å². The van der Waals surface area contributed by atoms with Crippen molar-refractivity contribution in [1.82, 2.24) is 0 Å². The van der Waals surface area contributed by atoms with E-state index in [-0.39, 0.29) is 12.2 Å². The number of alkyl halides is 6. The van der Waals surface area contributed by atoms with E-state index < -0.39 is 30.0 Å². The molecule has 1 aromatic heterocycles. The van der Waals surface area contributed by atoms with Gasteiger partial charge in [-0.25, -0.2) is 0 Å². The number of halogens is 6. The summed E-state index contributed by atoms with van der Waals surface area (Å²) < 4.78 is 77.4. The Kier molecular flexibility index (Phi) is 5.08. The maximum Gasteiger partial charge on any atom is 0.417 e. The zero-order chi connectivity index (χ0) is 18.0. The lowest BCUT2D eigenvalue weighted by Crippen LogP contribution is -2.34. The molecular weight excluding hydrogens is 354 g/mol. The molecule has 2 nitrogen and oxygen atoms in total. The van der Waals surface area contributed by atoms with Crippen LogP contribution in [0.15, 0.2) is 35.0 Å². The number of nitrogens with zero attached hydrogens (tertiary/aromatic N) is 2. The van der Waals surface area contributed by atoms with Gasteiger partial charge in [-0.3, -0.25) is 0 Å². The van der Waals surface area contributed by atoms with Crippen molar-refractivity contribution in [3.8, 4) is 6.07 Å². The van der Waals surface area contributed by atoms with Crippen LogP contribution in [0.1, 0.15) is 16.7 Å². The highest BCUT2D eigenvalue weighted by Crippen LogP contribution is 2.35. The van der Waals surface area contributed by atoms with Gasteiger partial charge >= 0.3 is 12.4 Å². The Bertz CT molecular complexity index is 728. The predicted octanol–water partition coefficient (Wildman–Crippen LogP) is 5.21. The first-order valence-corrected chi connectivity index (χ1v) is 7.48. The van der Waals surface area contributed by atoms with Gasteiger partial charge in [0, 0.05) is 12.2 Å². The van der Waals surface area contributed by atoms with Gasteiger partial charge in [-0.05, 0) is 40.6 Å². The summed E-state index contributed by atoms with van der Waals surface area (Å²) in [5.74, 6) is 0. The van der Waals surface area contributed by atoms with Crippen molar-refractivity contribution < 1.29 is 26.3 Å². The van der Waals surface area contributed by atoms with Gasteiger partial charge in [-0.1, -0.05) is 0 Å². The van der Waals surface area contributed by atoms with Crippen LogP contribution in [0.25, 0.3) is 0 Å². The molecule has 0 saturated carbocycles. The zero-order valence-corrected chi connectivity index (χ0v) is 12.8. The minimum absolute atomic E-state index is 0.188. The predicted molar refractivity (Wildman–Crippen MR) is 77.6 cm³/mol. The molecule has 0 N–H and O–H groups in total. The van der Waals surface area contributed by atoms with Gasteiger partial charge in [0.2, 0.25) is 0 Å². The standard InChI is InChI=1S/C15H10F6N2S/c16-14(17,18)9-23(7-10-3-4-24-8-10)12-2-1-11(6-22)13(5-12)15(19,20)21/h1-5,8H,7,9H2. The van der Waals surface area contributed by atoms with E-state index >= 15 is 0 Å². The van der Waals surface area contributed by atoms with Gasteiger partial charge in [0.25, 0.3) is 0 Å². The molecular formula is C15H10F6N2S. The van der Waals surface area contributed by atoms with Crippen LogP contribution in [0.5, 0.6) is 0 Å². The third-order valence-corrected chi connectivity index (χ3v) is 3.85. The van der Waals surface area contributed by atoms with Crippen LogP contribution in [0.2, 0.25) is 0 Å². The molecule has 24 heavy (non-hydrogen) atoms. The first-order chi connectivity index (χ1) is 11.1. The van der Waals surface area contributed by atoms with E-state index in [4.69, 9.17) is 5.26 Å². The van der Waals surface area contributed by atoms with Crippen LogP contribution < -0.4 is 4.90 Å². The second-order valence-corrected chi connectivity index (χ2v) is 5.72. The number of thiophene rings is 1. The van der Waals surface area contributed by atoms with Crippen molar-refractivity contribution in [2.45, 2.75) is 18.9 Å². The average molecular weight is 364 g/mol. The minimum Gasteiger partial charge on any atom is -0.358 e. The third kappa shape index (κ3) is 4.64. The first kappa shape index (κ1) is 18.1. The molecule has 0 saturated heterocycles. The maximum atomic E-state index is 13.0. The topological polar surface area (TPSA) is 27.0 Å². The Morgan fingerprint density at radius 2 is 1.79 bits per heavy atom. The van der Waals surface area contributed by atoms with Crippen molar-refractivity contribution in [2.24, 2.45) is 0 Å². The van der Waals surface area contributed by atoms with E-state index in [1.54, 1.807) is 16.8 Å². The van der Waals surface area contributed by atoms with E-state index in [1.165, 1.54) is 17.4 Å². The number of hydrogen-bond acceptors (Lipinski definition) is 3. The molecule has 2 aromatic rings. The number of benzene rings is 1. The smallest absolute Gasteiger partial charge is 0.358 e. The van der Waals surface area contributed by atoms with Crippen LogP contribution in [-0.2, 0) is 12.7 Å². The monoisotopic (exact) mass is 364 g/mol. The van der Waals surface area contributed by atoms with Crippen LogP contribution in [-0.4, -0.2) is 12.7 Å². The minimum atomic E-state index is -4.83. The number of nitriles is 1.